The van der Waals surface area contributed by atoms with Crippen LogP contribution in [0.2, 0.25) is 0 Å². The zero-order valence-electron chi connectivity index (χ0n) is 57.0. The fourth-order valence-corrected chi connectivity index (χ4v) is 8.92. The van der Waals surface area contributed by atoms with Crippen molar-refractivity contribution in [3.8, 4) is 0 Å². The van der Waals surface area contributed by atoms with Crippen molar-refractivity contribution in [2.24, 2.45) is 45.3 Å². The molecule has 1 rings (SSSR count). The lowest BCUT2D eigenvalue weighted by atomic mass is 9.97. The number of carbonyl (C=O) groups is 17. The molecule has 0 aliphatic heterocycles. The number of aliphatic imine (C=N–C) groups is 1. The number of carboxylic acid groups (broad SMARTS) is 1. The molecule has 0 spiro atoms. The van der Waals surface area contributed by atoms with E-state index >= 15 is 0 Å². The number of nitrogens with one attached hydrogen (secondary N) is 13. The average Bonchev–Trinajstić information content (AvgIpc) is 0.850. The van der Waals surface area contributed by atoms with Gasteiger partial charge in [-0.1, -0.05) is 50.6 Å². The van der Waals surface area contributed by atoms with E-state index < -0.39 is 242 Å². The molecule has 570 valence electrons. The monoisotopic (exact) mass is 1450 g/mol. The zero-order chi connectivity index (χ0) is 78.0. The summed E-state index contributed by atoms with van der Waals surface area (Å²) < 4.78 is 0. The molecular weight excluding hydrogens is 1360 g/mol. The predicted molar refractivity (Wildman–Crippen MR) is 353 cm³/mol. The minimum absolute atomic E-state index is 0.0606. The van der Waals surface area contributed by atoms with Crippen LogP contribution in [0.3, 0.4) is 0 Å². The Bertz CT molecular complexity index is 3160. The van der Waals surface area contributed by atoms with E-state index in [-0.39, 0.29) is 38.2 Å². The number of hydrogen-bond acceptors (Lipinski definition) is 24. The van der Waals surface area contributed by atoms with Gasteiger partial charge >= 0.3 is 5.97 Å². The van der Waals surface area contributed by atoms with Crippen molar-refractivity contribution >= 4 is 106 Å². The Morgan fingerprint density at radius 2 is 0.794 bits per heavy atom. The van der Waals surface area contributed by atoms with Gasteiger partial charge in [0.1, 0.15) is 72.5 Å². The van der Waals surface area contributed by atoms with Crippen molar-refractivity contribution in [1.29, 1.82) is 0 Å². The molecule has 43 nitrogen and oxygen atoms in total. The Kier molecular flexibility index (Phi) is 38.8. The van der Waals surface area contributed by atoms with E-state index in [9.17, 15) is 112 Å². The Balaban J connectivity index is 3.25. The molecule has 1 aromatic carbocycles. The topological polar surface area (TPSA) is 736 Å². The quantitative estimate of drug-likeness (QED) is 0.0164. The summed E-state index contributed by atoms with van der Waals surface area (Å²) in [6.45, 7) is 5.55. The molecule has 0 saturated carbocycles. The molecule has 0 radical (unpaired) electrons. The van der Waals surface area contributed by atoms with Crippen molar-refractivity contribution in [1.82, 2.24) is 69.1 Å². The highest BCUT2D eigenvalue weighted by atomic mass is 16.4. The van der Waals surface area contributed by atoms with Crippen LogP contribution in [0, 0.1) is 5.92 Å². The Labute approximate surface area is 583 Å². The minimum atomic E-state index is -2.11. The average molecular weight is 1450 g/mol. The number of aliphatic carboxylic acids is 1. The number of rotatable bonds is 46. The molecule has 43 heteroatoms. The highest BCUT2D eigenvalue weighted by molar-refractivity contribution is 6.01. The fraction of sp³-hybridized carbons (Fsp3) is 0.593. The molecule has 0 aliphatic rings. The number of amides is 16. The van der Waals surface area contributed by atoms with Gasteiger partial charge in [0.15, 0.2) is 5.96 Å². The summed E-state index contributed by atoms with van der Waals surface area (Å²) in [6, 6.07) is -15.0. The lowest BCUT2D eigenvalue weighted by Gasteiger charge is -2.30. The van der Waals surface area contributed by atoms with E-state index in [1.165, 1.54) is 19.1 Å². The Morgan fingerprint density at radius 3 is 1.25 bits per heavy atom. The van der Waals surface area contributed by atoms with Crippen LogP contribution in [-0.4, -0.2) is 260 Å². The third kappa shape index (κ3) is 32.1. The standard InChI is InChI=1S/C59H96N20O23/c1-8-24(2)42(76-47(90)25(3)68-41(88)21-67-54(97)43(27(5)82)77-53(96)37(23-81)75-52(95)36(22-80)74-48(91)31(60)15-12-16-66-59(64)65)55(98)78-45(29(7)84)57(100)79-44(28(6)83)56(99)72-34(19-39(62)86)51(94)71-33(18-38(61)85)50(93)70-32(17-30-13-10-9-11-14-30)49(92)69-26(4)46(89)73-35(58(101)102)20-40(63)87/h9-11,13-14,24-29,31-37,42-45,80-84H,8,12,15-23,60H2,1-7H3,(H2,61,85)(H2,62,86)(H2,63,87)(H,67,97)(H,68,88)(H,69,92)(H,70,93)(H,71,94)(H,72,99)(H,73,89)(H,74,91)(H,75,95)(H,76,90)(H,77,96)(H,78,98)(H,79,100)(H,101,102)(H4,64,65,66)/t24-,25-,26-,27+,28+,29+,31-,32-,33-,34-,35-,36-,37-,42-,43-,44-,45-/m0/s1. The van der Waals surface area contributed by atoms with Gasteiger partial charge in [0.05, 0.1) is 63.4 Å². The minimum Gasteiger partial charge on any atom is -0.480 e. The first-order valence-electron chi connectivity index (χ1n) is 31.7. The molecule has 17 atom stereocenters. The molecule has 1 aromatic rings. The zero-order valence-corrected chi connectivity index (χ0v) is 57.0. The van der Waals surface area contributed by atoms with Crippen molar-refractivity contribution in [2.45, 2.75) is 190 Å². The van der Waals surface area contributed by atoms with Crippen LogP contribution in [-0.2, 0) is 87.9 Å². The number of aliphatic hydroxyl groups excluding tert-OH is 5. The van der Waals surface area contributed by atoms with Gasteiger partial charge in [-0.05, 0) is 58.9 Å². The van der Waals surface area contributed by atoms with E-state index in [1.807, 2.05) is 5.32 Å². The number of carboxylic acids is 1. The Hall–Kier alpha value is -10.8. The molecule has 0 unspecified atom stereocenters. The van der Waals surface area contributed by atoms with Gasteiger partial charge in [0.2, 0.25) is 94.5 Å². The van der Waals surface area contributed by atoms with Gasteiger partial charge in [0.25, 0.3) is 0 Å². The molecule has 0 bridgehead atoms. The van der Waals surface area contributed by atoms with E-state index in [2.05, 4.69) is 68.8 Å². The van der Waals surface area contributed by atoms with Gasteiger partial charge in [-0.25, -0.2) is 4.79 Å². The van der Waals surface area contributed by atoms with Crippen LogP contribution >= 0.6 is 0 Å². The van der Waals surface area contributed by atoms with E-state index in [0.717, 1.165) is 34.6 Å². The van der Waals surface area contributed by atoms with E-state index in [0.29, 0.717) is 5.56 Å². The van der Waals surface area contributed by atoms with Gasteiger partial charge in [-0.2, -0.15) is 0 Å². The summed E-state index contributed by atoms with van der Waals surface area (Å²) >= 11 is 0. The van der Waals surface area contributed by atoms with Gasteiger partial charge in [-0.3, -0.25) is 81.7 Å². The molecule has 0 aromatic heterocycles. The van der Waals surface area contributed by atoms with Crippen LogP contribution in [0.5, 0.6) is 0 Å². The van der Waals surface area contributed by atoms with Crippen molar-refractivity contribution in [2.75, 3.05) is 26.3 Å². The SMILES string of the molecule is CC[C@H](C)[C@H](NC(=O)[C@H](C)NC(=O)CNC(=O)[C@@H](NC(=O)[C@H](CO)NC(=O)[C@H](CO)NC(=O)[C@@H](N)CCCN=C(N)N)[C@@H](C)O)C(=O)N[C@H](C(=O)N[C@H](C(=O)N[C@@H](CC(N)=O)C(=O)N[C@@H](CC(N)=O)C(=O)N[C@@H](Cc1ccccc1)C(=O)N[C@@H](C)C(=O)N[C@@H](CC(N)=O)C(=O)O)[C@@H](C)O)[C@@H](C)O. The third-order valence-electron chi connectivity index (χ3n) is 14.9. The van der Waals surface area contributed by atoms with Crippen LogP contribution in [0.4, 0.5) is 0 Å². The van der Waals surface area contributed by atoms with Crippen molar-refractivity contribution < 1.29 is 112 Å². The van der Waals surface area contributed by atoms with Crippen LogP contribution in [0.25, 0.3) is 0 Å². The van der Waals surface area contributed by atoms with Gasteiger partial charge in [-0.15, -0.1) is 0 Å². The maximum absolute atomic E-state index is 14.0. The number of nitrogens with two attached hydrogens (primary N) is 6. The van der Waals surface area contributed by atoms with E-state index in [1.54, 1.807) is 25.1 Å². The first kappa shape index (κ1) is 89.3. The summed E-state index contributed by atoms with van der Waals surface area (Å²) in [5.74, 6) is -21.6. The lowest BCUT2D eigenvalue weighted by Crippen LogP contribution is -2.64. The second-order valence-corrected chi connectivity index (χ2v) is 23.6. The molecule has 102 heavy (non-hydrogen) atoms. The predicted octanol–water partition coefficient (Wildman–Crippen LogP) is -13.5. The number of hydrogen-bond donors (Lipinski definition) is 25. The third-order valence-corrected chi connectivity index (χ3v) is 14.9. The normalized spacial score (nSPS) is 16.0. The highest BCUT2D eigenvalue weighted by Crippen LogP contribution is 2.12. The summed E-state index contributed by atoms with van der Waals surface area (Å²) in [6.07, 6.45) is -8.13. The van der Waals surface area contributed by atoms with Gasteiger partial charge < -0.3 is 134 Å². The number of carbonyl (C=O) groups excluding carboxylic acids is 16. The summed E-state index contributed by atoms with van der Waals surface area (Å²) in [5.41, 5.74) is 32.7. The highest BCUT2D eigenvalue weighted by Gasteiger charge is 2.39. The first-order chi connectivity index (χ1) is 47.6. The second-order valence-electron chi connectivity index (χ2n) is 23.6. The summed E-state index contributed by atoms with van der Waals surface area (Å²) in [7, 11) is 0. The largest absolute Gasteiger partial charge is 0.480 e. The molecule has 0 aliphatic carbocycles. The number of aliphatic hydroxyl groups is 5. The molecule has 31 N–H and O–H groups in total. The van der Waals surface area contributed by atoms with Gasteiger partial charge in [0, 0.05) is 13.0 Å². The van der Waals surface area contributed by atoms with E-state index in [4.69, 9.17) is 34.4 Å². The van der Waals surface area contributed by atoms with Crippen molar-refractivity contribution in [3.05, 3.63) is 35.9 Å². The number of nitrogens with zero attached hydrogens (tertiary/aromatic N) is 1. The maximum atomic E-state index is 14.0. The number of guanidine groups is 1. The molecular formula is C59H96N20O23. The molecule has 0 heterocycles. The molecule has 0 fully saturated rings. The van der Waals surface area contributed by atoms with Crippen LogP contribution in [0.15, 0.2) is 35.3 Å². The van der Waals surface area contributed by atoms with Crippen LogP contribution in [0.1, 0.15) is 92.6 Å². The first-order valence-corrected chi connectivity index (χ1v) is 31.7. The summed E-state index contributed by atoms with van der Waals surface area (Å²) in [4.78, 5) is 226. The Morgan fingerprint density at radius 1 is 0.431 bits per heavy atom. The fourth-order valence-electron chi connectivity index (χ4n) is 8.92. The molecule has 0 saturated heterocycles. The smallest absolute Gasteiger partial charge is 0.326 e. The summed E-state index contributed by atoms with van der Waals surface area (Å²) in [5, 5.41) is 89.5. The lowest BCUT2D eigenvalue weighted by molar-refractivity contribution is -0.143. The van der Waals surface area contributed by atoms with Crippen LogP contribution < -0.4 is 104 Å². The van der Waals surface area contributed by atoms with Crippen molar-refractivity contribution in [3.63, 3.8) is 0 Å². The maximum Gasteiger partial charge on any atom is 0.326 e. The number of primary amides is 3. The second kappa shape index (κ2) is 44.4. The number of benzene rings is 1. The molecule has 16 amide bonds.